The summed E-state index contributed by atoms with van der Waals surface area (Å²) in [5.74, 6) is -1.23. The van der Waals surface area contributed by atoms with Crippen molar-refractivity contribution in [2.45, 2.75) is 32.6 Å². The third-order valence-corrected chi connectivity index (χ3v) is 4.42. The van der Waals surface area contributed by atoms with E-state index in [-0.39, 0.29) is 11.4 Å². The van der Waals surface area contributed by atoms with Crippen molar-refractivity contribution in [2.24, 2.45) is 11.3 Å². The number of carbonyl (C=O) groups excluding carboxylic acids is 1. The topological polar surface area (TPSA) is 78.9 Å². The Hall–Kier alpha value is -1.30. The number of hydrogen-bond acceptors (Lipinski definition) is 3. The molecule has 20 heavy (non-hydrogen) atoms. The number of aliphatic carboxylic acids is 1. The fourth-order valence-electron chi connectivity index (χ4n) is 2.80. The molecule has 0 spiro atoms. The molecule has 0 aromatic carbocycles. The summed E-state index contributed by atoms with van der Waals surface area (Å²) >= 11 is 0. The van der Waals surface area contributed by atoms with Crippen molar-refractivity contribution < 1.29 is 19.4 Å². The van der Waals surface area contributed by atoms with Gasteiger partial charge in [-0.1, -0.05) is 6.92 Å². The molecule has 0 aromatic rings. The van der Waals surface area contributed by atoms with Crippen molar-refractivity contribution in [1.29, 1.82) is 0 Å². The molecule has 2 rings (SSSR count). The van der Waals surface area contributed by atoms with Crippen molar-refractivity contribution in [3.05, 3.63) is 0 Å². The Morgan fingerprint density at radius 2 is 2.10 bits per heavy atom. The number of carboxylic acids is 1. The molecule has 2 N–H and O–H groups in total. The minimum Gasteiger partial charge on any atom is -0.481 e. The molecule has 0 saturated carbocycles. The van der Waals surface area contributed by atoms with Crippen LogP contribution in [0.5, 0.6) is 0 Å². The average molecular weight is 284 g/mol. The summed E-state index contributed by atoms with van der Waals surface area (Å²) in [6.07, 6.45) is 3.32. The van der Waals surface area contributed by atoms with Gasteiger partial charge in [-0.3, -0.25) is 4.79 Å². The van der Waals surface area contributed by atoms with Crippen LogP contribution in [0.25, 0.3) is 0 Å². The van der Waals surface area contributed by atoms with Crippen LogP contribution >= 0.6 is 0 Å². The number of carbonyl (C=O) groups is 2. The third kappa shape index (κ3) is 3.85. The Balaban J connectivity index is 1.80. The van der Waals surface area contributed by atoms with Gasteiger partial charge in [0.15, 0.2) is 0 Å². The molecule has 0 bridgehead atoms. The zero-order chi connectivity index (χ0) is 14.6. The van der Waals surface area contributed by atoms with Gasteiger partial charge in [-0.15, -0.1) is 0 Å². The average Bonchev–Trinajstić information content (AvgIpc) is 2.46. The summed E-state index contributed by atoms with van der Waals surface area (Å²) in [4.78, 5) is 24.8. The zero-order valence-electron chi connectivity index (χ0n) is 12.1. The van der Waals surface area contributed by atoms with Gasteiger partial charge in [-0.25, -0.2) is 4.79 Å². The molecule has 2 amide bonds. The molecular formula is C14H24N2O4. The van der Waals surface area contributed by atoms with E-state index in [2.05, 4.69) is 12.2 Å². The molecule has 0 aromatic heterocycles. The lowest BCUT2D eigenvalue weighted by atomic mass is 9.82. The van der Waals surface area contributed by atoms with Gasteiger partial charge in [0.25, 0.3) is 0 Å². The molecule has 1 atom stereocenters. The zero-order valence-corrected chi connectivity index (χ0v) is 12.1. The molecule has 2 aliphatic heterocycles. The molecule has 2 heterocycles. The van der Waals surface area contributed by atoms with E-state index in [0.717, 1.165) is 32.5 Å². The van der Waals surface area contributed by atoms with Crippen molar-refractivity contribution in [3.63, 3.8) is 0 Å². The molecule has 0 radical (unpaired) electrons. The van der Waals surface area contributed by atoms with Gasteiger partial charge in [-0.2, -0.15) is 0 Å². The maximum atomic E-state index is 12.1. The number of nitrogens with zero attached hydrogens (tertiary/aromatic N) is 1. The summed E-state index contributed by atoms with van der Waals surface area (Å²) < 4.78 is 5.34. The molecule has 0 unspecified atom stereocenters. The number of likely N-dealkylation sites (tertiary alicyclic amines) is 1. The van der Waals surface area contributed by atoms with Crippen LogP contribution in [0.3, 0.4) is 0 Å². The van der Waals surface area contributed by atoms with Crippen molar-refractivity contribution in [1.82, 2.24) is 10.2 Å². The number of piperidine rings is 1. The number of urea groups is 1. The van der Waals surface area contributed by atoms with E-state index in [1.54, 1.807) is 4.90 Å². The second-order valence-electron chi connectivity index (χ2n) is 6.21. The molecule has 6 nitrogen and oxygen atoms in total. The van der Waals surface area contributed by atoms with Gasteiger partial charge in [0.2, 0.25) is 0 Å². The van der Waals surface area contributed by atoms with E-state index in [9.17, 15) is 9.59 Å². The summed E-state index contributed by atoms with van der Waals surface area (Å²) in [5, 5.41) is 12.0. The summed E-state index contributed by atoms with van der Waals surface area (Å²) in [6, 6.07) is -0.135. The van der Waals surface area contributed by atoms with Crippen LogP contribution in [0.2, 0.25) is 0 Å². The maximum Gasteiger partial charge on any atom is 0.317 e. The Labute approximate surface area is 119 Å². The fourth-order valence-corrected chi connectivity index (χ4v) is 2.80. The van der Waals surface area contributed by atoms with E-state index >= 15 is 0 Å². The van der Waals surface area contributed by atoms with Crippen LogP contribution in [-0.4, -0.2) is 54.9 Å². The normalized spacial score (nSPS) is 26.1. The first-order valence-electron chi connectivity index (χ1n) is 7.33. The van der Waals surface area contributed by atoms with E-state index < -0.39 is 11.9 Å². The highest BCUT2D eigenvalue weighted by Gasteiger charge is 2.31. The predicted molar refractivity (Wildman–Crippen MR) is 73.5 cm³/mol. The second kappa shape index (κ2) is 6.43. The predicted octanol–water partition coefficient (Wildman–Crippen LogP) is 1.31. The fraction of sp³-hybridized carbons (Fsp3) is 0.857. The lowest BCUT2D eigenvalue weighted by molar-refractivity contribution is -0.143. The molecule has 2 fully saturated rings. The standard InChI is InChI=1S/C14H24N2O4/c1-14(4-7-20-8-5-14)10-15-13(19)16-6-2-3-11(9-16)12(17)18/h11H,2-10H2,1H3,(H,15,19)(H,17,18)/t11-/m0/s1. The lowest BCUT2D eigenvalue weighted by Gasteiger charge is -2.35. The second-order valence-corrected chi connectivity index (χ2v) is 6.21. The molecule has 0 aliphatic carbocycles. The van der Waals surface area contributed by atoms with Crippen molar-refractivity contribution in [3.8, 4) is 0 Å². The minimum atomic E-state index is -0.807. The van der Waals surface area contributed by atoms with E-state index in [4.69, 9.17) is 9.84 Å². The highest BCUT2D eigenvalue weighted by Crippen LogP contribution is 2.28. The Kier molecular flexibility index (Phi) is 4.86. The highest BCUT2D eigenvalue weighted by atomic mass is 16.5. The van der Waals surface area contributed by atoms with E-state index in [1.807, 2.05) is 0 Å². The Morgan fingerprint density at radius 3 is 2.75 bits per heavy atom. The number of ether oxygens (including phenoxy) is 1. The number of nitrogens with one attached hydrogen (secondary N) is 1. The molecule has 2 saturated heterocycles. The third-order valence-electron chi connectivity index (χ3n) is 4.42. The smallest absolute Gasteiger partial charge is 0.317 e. The first-order valence-corrected chi connectivity index (χ1v) is 7.33. The summed E-state index contributed by atoms with van der Waals surface area (Å²) in [7, 11) is 0. The largest absolute Gasteiger partial charge is 0.481 e. The van der Waals surface area contributed by atoms with Gasteiger partial charge in [0.05, 0.1) is 5.92 Å². The van der Waals surface area contributed by atoms with Crippen LogP contribution in [0.4, 0.5) is 4.79 Å². The SMILES string of the molecule is CC1(CNC(=O)N2CCC[C@H](C(=O)O)C2)CCOCC1. The van der Waals surface area contributed by atoms with Crippen LogP contribution in [0, 0.1) is 11.3 Å². The Bertz CT molecular complexity index is 366. The number of hydrogen-bond donors (Lipinski definition) is 2. The first kappa shape index (κ1) is 15.1. The van der Waals surface area contributed by atoms with Crippen LogP contribution < -0.4 is 5.32 Å². The Morgan fingerprint density at radius 1 is 1.40 bits per heavy atom. The van der Waals surface area contributed by atoms with Gasteiger partial charge in [-0.05, 0) is 31.1 Å². The van der Waals surface area contributed by atoms with Crippen LogP contribution in [-0.2, 0) is 9.53 Å². The van der Waals surface area contributed by atoms with Gasteiger partial charge in [0.1, 0.15) is 0 Å². The van der Waals surface area contributed by atoms with Gasteiger partial charge < -0.3 is 20.1 Å². The summed E-state index contributed by atoms with van der Waals surface area (Å²) in [5.41, 5.74) is 0.0932. The minimum absolute atomic E-state index is 0.0932. The van der Waals surface area contributed by atoms with Crippen molar-refractivity contribution >= 4 is 12.0 Å². The van der Waals surface area contributed by atoms with E-state index in [1.165, 1.54) is 0 Å². The molecule has 2 aliphatic rings. The van der Waals surface area contributed by atoms with Gasteiger partial charge in [0, 0.05) is 32.8 Å². The van der Waals surface area contributed by atoms with Gasteiger partial charge >= 0.3 is 12.0 Å². The molecule has 6 heteroatoms. The quantitative estimate of drug-likeness (QED) is 0.819. The molecule has 114 valence electrons. The number of amides is 2. The van der Waals surface area contributed by atoms with E-state index in [0.29, 0.717) is 26.1 Å². The maximum absolute atomic E-state index is 12.1. The number of carboxylic acid groups (broad SMARTS) is 1. The molecular weight excluding hydrogens is 260 g/mol. The first-order chi connectivity index (χ1) is 9.50. The van der Waals surface area contributed by atoms with Crippen LogP contribution in [0.15, 0.2) is 0 Å². The number of rotatable bonds is 3. The van der Waals surface area contributed by atoms with Crippen molar-refractivity contribution in [2.75, 3.05) is 32.8 Å². The monoisotopic (exact) mass is 284 g/mol. The lowest BCUT2D eigenvalue weighted by Crippen LogP contribution is -2.49. The van der Waals surface area contributed by atoms with Crippen LogP contribution in [0.1, 0.15) is 32.6 Å². The highest BCUT2D eigenvalue weighted by molar-refractivity contribution is 5.76. The summed E-state index contributed by atoms with van der Waals surface area (Å²) in [6.45, 7) is 5.25.